The molecular weight excluding hydrogens is 92.1 g/mol. The van der Waals surface area contributed by atoms with Crippen LogP contribution in [0.5, 0.6) is 0 Å². The zero-order valence-electron chi connectivity index (χ0n) is 4.65. The first-order chi connectivity index (χ1) is 3.31. The van der Waals surface area contributed by atoms with E-state index in [0.717, 1.165) is 0 Å². The number of hydrazine groups is 2. The van der Waals surface area contributed by atoms with E-state index in [9.17, 15) is 0 Å². The topological polar surface area (TPSA) is 62.1 Å². The Balaban J connectivity index is 2.83. The lowest BCUT2D eigenvalue weighted by molar-refractivity contribution is 0.422. The van der Waals surface area contributed by atoms with Gasteiger partial charge in [-0.1, -0.05) is 0 Å². The summed E-state index contributed by atoms with van der Waals surface area (Å²) in [6.45, 7) is 1.90. The molecule has 0 heterocycles. The summed E-state index contributed by atoms with van der Waals surface area (Å²) in [5, 5.41) is 0. The molecule has 0 saturated heterocycles. The fraction of sp³-hybridized carbons (Fsp3) is 1.00. The van der Waals surface area contributed by atoms with E-state index in [2.05, 4.69) is 16.3 Å². The second kappa shape index (κ2) is 4.01. The quantitative estimate of drug-likeness (QED) is 0.200. The molecule has 0 aromatic carbocycles. The minimum absolute atomic E-state index is 0.116. The predicted molar refractivity (Wildman–Crippen MR) is 29.0 cm³/mol. The van der Waals surface area contributed by atoms with Crippen molar-refractivity contribution in [3.8, 4) is 0 Å². The monoisotopic (exact) mass is 104 g/mol. The maximum absolute atomic E-state index is 5.01. The average molecular weight is 104 g/mol. The first kappa shape index (κ1) is 6.84. The predicted octanol–water partition coefficient (Wildman–Crippen LogP) is -1.48. The molecule has 0 aliphatic heterocycles. The first-order valence-electron chi connectivity index (χ1n) is 2.19. The number of rotatable bonds is 3. The van der Waals surface area contributed by atoms with Crippen molar-refractivity contribution in [2.75, 3.05) is 7.05 Å². The third-order valence-corrected chi connectivity index (χ3v) is 0.611. The highest BCUT2D eigenvalue weighted by atomic mass is 15.4. The van der Waals surface area contributed by atoms with Crippen molar-refractivity contribution in [3.63, 3.8) is 0 Å². The summed E-state index contributed by atoms with van der Waals surface area (Å²) in [5.41, 5.74) is 8.03. The van der Waals surface area contributed by atoms with E-state index in [-0.39, 0.29) is 6.17 Å². The Morgan fingerprint density at radius 2 is 2.14 bits per heavy atom. The van der Waals surface area contributed by atoms with E-state index in [0.29, 0.717) is 0 Å². The van der Waals surface area contributed by atoms with E-state index in [1.165, 1.54) is 0 Å². The highest BCUT2D eigenvalue weighted by Gasteiger charge is 1.88. The Hall–Kier alpha value is -0.160. The van der Waals surface area contributed by atoms with Crippen molar-refractivity contribution < 1.29 is 0 Å². The van der Waals surface area contributed by atoms with Crippen molar-refractivity contribution in [1.29, 1.82) is 0 Å². The van der Waals surface area contributed by atoms with Crippen LogP contribution >= 0.6 is 0 Å². The van der Waals surface area contributed by atoms with Gasteiger partial charge in [0.05, 0.1) is 6.17 Å². The van der Waals surface area contributed by atoms with E-state index < -0.39 is 0 Å². The van der Waals surface area contributed by atoms with Crippen LogP contribution in [0.4, 0.5) is 0 Å². The molecule has 0 fully saturated rings. The maximum Gasteiger partial charge on any atom is 0.0801 e. The summed E-state index contributed by atoms with van der Waals surface area (Å²) in [6, 6.07) is 0. The van der Waals surface area contributed by atoms with Crippen LogP contribution in [0.1, 0.15) is 6.92 Å². The normalized spacial score (nSPS) is 14.1. The molecule has 0 amide bonds. The molecule has 5 N–H and O–H groups in total. The molecule has 0 aromatic heterocycles. The fourth-order valence-electron chi connectivity index (χ4n) is 0.258. The molecule has 0 saturated carbocycles. The highest BCUT2D eigenvalue weighted by molar-refractivity contribution is 4.42. The number of nitrogens with two attached hydrogens (primary N) is 1. The summed E-state index contributed by atoms with van der Waals surface area (Å²) in [5.74, 6) is 5.01. The van der Waals surface area contributed by atoms with Gasteiger partial charge in [0.1, 0.15) is 0 Å². The Morgan fingerprint density at radius 1 is 1.57 bits per heavy atom. The zero-order valence-corrected chi connectivity index (χ0v) is 4.65. The number of nitrogens with one attached hydrogen (secondary N) is 3. The van der Waals surface area contributed by atoms with Crippen LogP contribution < -0.4 is 22.1 Å². The third-order valence-electron chi connectivity index (χ3n) is 0.611. The molecule has 0 aliphatic rings. The van der Waals surface area contributed by atoms with Crippen molar-refractivity contribution in [2.24, 2.45) is 5.84 Å². The molecule has 0 bridgehead atoms. The van der Waals surface area contributed by atoms with Crippen LogP contribution in [0, 0.1) is 0 Å². The van der Waals surface area contributed by atoms with Gasteiger partial charge in [-0.25, -0.2) is 10.9 Å². The molecule has 0 spiro atoms. The summed E-state index contributed by atoms with van der Waals surface area (Å²) in [7, 11) is 1.79. The van der Waals surface area contributed by atoms with Gasteiger partial charge in [-0.05, 0) is 14.0 Å². The lowest BCUT2D eigenvalue weighted by Crippen LogP contribution is -2.48. The van der Waals surface area contributed by atoms with Gasteiger partial charge < -0.3 is 0 Å². The maximum atomic E-state index is 5.01. The van der Waals surface area contributed by atoms with Gasteiger partial charge >= 0.3 is 0 Å². The van der Waals surface area contributed by atoms with Crippen LogP contribution in [-0.2, 0) is 0 Å². The molecule has 0 rings (SSSR count). The van der Waals surface area contributed by atoms with Gasteiger partial charge in [0.15, 0.2) is 0 Å². The largest absolute Gasteiger partial charge is 0.270 e. The fourth-order valence-corrected chi connectivity index (χ4v) is 0.258. The standard InChI is InChI=1S/C3H12N4/c1-3(6-4)7-5-2/h3,5-7H,4H2,1-2H3. The van der Waals surface area contributed by atoms with Crippen molar-refractivity contribution in [1.82, 2.24) is 16.3 Å². The van der Waals surface area contributed by atoms with E-state index in [1.54, 1.807) is 7.05 Å². The minimum atomic E-state index is 0.116. The minimum Gasteiger partial charge on any atom is -0.270 e. The molecule has 4 heteroatoms. The number of hydrogen-bond donors (Lipinski definition) is 4. The van der Waals surface area contributed by atoms with Gasteiger partial charge in [-0.15, -0.1) is 0 Å². The second-order valence-corrected chi connectivity index (χ2v) is 1.28. The van der Waals surface area contributed by atoms with E-state index >= 15 is 0 Å². The highest BCUT2D eigenvalue weighted by Crippen LogP contribution is 1.59. The average Bonchev–Trinajstić information content (AvgIpc) is 1.68. The summed E-state index contributed by atoms with van der Waals surface area (Å²) < 4.78 is 0. The Kier molecular flexibility index (Phi) is 3.92. The van der Waals surface area contributed by atoms with Crippen LogP contribution in [0.15, 0.2) is 0 Å². The SMILES string of the molecule is CNNC(C)NN. The van der Waals surface area contributed by atoms with Gasteiger partial charge in [0.25, 0.3) is 0 Å². The Morgan fingerprint density at radius 3 is 2.29 bits per heavy atom. The van der Waals surface area contributed by atoms with Crippen LogP contribution in [0.2, 0.25) is 0 Å². The van der Waals surface area contributed by atoms with Crippen molar-refractivity contribution in [2.45, 2.75) is 13.1 Å². The Bertz CT molecular complexity index is 37.9. The smallest absolute Gasteiger partial charge is 0.0801 e. The lowest BCUT2D eigenvalue weighted by Gasteiger charge is -2.09. The Labute approximate surface area is 43.4 Å². The van der Waals surface area contributed by atoms with Crippen molar-refractivity contribution in [3.05, 3.63) is 0 Å². The third kappa shape index (κ3) is 3.68. The van der Waals surface area contributed by atoms with Gasteiger partial charge in [0.2, 0.25) is 0 Å². The van der Waals surface area contributed by atoms with E-state index in [1.807, 2.05) is 6.92 Å². The molecule has 1 atom stereocenters. The first-order valence-corrected chi connectivity index (χ1v) is 2.19. The zero-order chi connectivity index (χ0) is 5.70. The van der Waals surface area contributed by atoms with Crippen LogP contribution in [-0.4, -0.2) is 13.2 Å². The summed E-state index contributed by atoms with van der Waals surface area (Å²) in [6.07, 6.45) is 0.116. The molecule has 0 radical (unpaired) electrons. The van der Waals surface area contributed by atoms with Crippen LogP contribution in [0.3, 0.4) is 0 Å². The summed E-state index contributed by atoms with van der Waals surface area (Å²) >= 11 is 0. The van der Waals surface area contributed by atoms with Crippen LogP contribution in [0.25, 0.3) is 0 Å². The summed E-state index contributed by atoms with van der Waals surface area (Å²) in [4.78, 5) is 0. The molecule has 7 heavy (non-hydrogen) atoms. The molecule has 1 unspecified atom stereocenters. The van der Waals surface area contributed by atoms with Gasteiger partial charge in [-0.3, -0.25) is 11.3 Å². The molecule has 0 aromatic rings. The van der Waals surface area contributed by atoms with Gasteiger partial charge in [-0.2, -0.15) is 0 Å². The van der Waals surface area contributed by atoms with Crippen molar-refractivity contribution >= 4 is 0 Å². The lowest BCUT2D eigenvalue weighted by atomic mass is 10.6. The second-order valence-electron chi connectivity index (χ2n) is 1.28. The van der Waals surface area contributed by atoms with Gasteiger partial charge in [0, 0.05) is 0 Å². The molecule has 44 valence electrons. The molecule has 0 aliphatic carbocycles. The van der Waals surface area contributed by atoms with E-state index in [4.69, 9.17) is 5.84 Å². The molecule has 4 nitrogen and oxygen atoms in total. The molecular formula is C3H12N4. The number of hydrogen-bond acceptors (Lipinski definition) is 4.